The van der Waals surface area contributed by atoms with Crippen molar-refractivity contribution in [1.82, 2.24) is 4.90 Å². The van der Waals surface area contributed by atoms with Crippen molar-refractivity contribution in [3.8, 4) is 0 Å². The van der Waals surface area contributed by atoms with E-state index in [1.807, 2.05) is 6.92 Å². The molecule has 1 aromatic carbocycles. The Kier molecular flexibility index (Phi) is 3.55. The van der Waals surface area contributed by atoms with Crippen LogP contribution in [0.5, 0.6) is 0 Å². The van der Waals surface area contributed by atoms with E-state index in [0.717, 1.165) is 19.3 Å². The molecule has 20 heavy (non-hydrogen) atoms. The van der Waals surface area contributed by atoms with Crippen LogP contribution in [0.2, 0.25) is 0 Å². The summed E-state index contributed by atoms with van der Waals surface area (Å²) < 4.78 is 0. The molecule has 1 N–H and O–H groups in total. The zero-order valence-electron chi connectivity index (χ0n) is 12.1. The summed E-state index contributed by atoms with van der Waals surface area (Å²) in [6, 6.07) is 8.61. The predicted molar refractivity (Wildman–Crippen MR) is 78.5 cm³/mol. The van der Waals surface area contributed by atoms with Crippen molar-refractivity contribution in [3.05, 3.63) is 35.4 Å². The number of aliphatic hydroxyl groups excluding tert-OH is 1. The molecule has 1 saturated carbocycles. The Hall–Kier alpha value is -1.35. The van der Waals surface area contributed by atoms with Crippen LogP contribution in [0.1, 0.15) is 37.3 Å². The number of likely N-dealkylation sites (N-methyl/N-ethyl adjacent to an activating group) is 1. The first-order valence-electron chi connectivity index (χ1n) is 7.71. The molecule has 0 aliphatic heterocycles. The third-order valence-electron chi connectivity index (χ3n) is 5.06. The molecule has 0 heterocycles. The second-order valence-corrected chi connectivity index (χ2v) is 6.07. The molecule has 1 spiro atoms. The van der Waals surface area contributed by atoms with Crippen LogP contribution >= 0.6 is 0 Å². The largest absolute Gasteiger partial charge is 0.395 e. The molecule has 1 amide bonds. The first-order chi connectivity index (χ1) is 9.73. The number of carbonyl (C=O) groups is 1. The van der Waals surface area contributed by atoms with E-state index >= 15 is 0 Å². The third kappa shape index (κ3) is 2.05. The second-order valence-electron chi connectivity index (χ2n) is 6.07. The van der Waals surface area contributed by atoms with Gasteiger partial charge in [-0.2, -0.15) is 0 Å². The van der Waals surface area contributed by atoms with Gasteiger partial charge in [-0.25, -0.2) is 0 Å². The summed E-state index contributed by atoms with van der Waals surface area (Å²) in [6.45, 7) is 3.19. The van der Waals surface area contributed by atoms with Crippen molar-refractivity contribution in [3.63, 3.8) is 0 Å². The number of fused-ring (bicyclic) bond motifs is 2. The highest BCUT2D eigenvalue weighted by atomic mass is 16.3. The lowest BCUT2D eigenvalue weighted by Crippen LogP contribution is -2.36. The maximum Gasteiger partial charge on any atom is 0.226 e. The molecular weight excluding hydrogens is 250 g/mol. The van der Waals surface area contributed by atoms with Gasteiger partial charge in [-0.1, -0.05) is 24.3 Å². The highest BCUT2D eigenvalue weighted by molar-refractivity contribution is 5.84. The molecule has 2 atom stereocenters. The van der Waals surface area contributed by atoms with Gasteiger partial charge < -0.3 is 10.0 Å². The zero-order valence-corrected chi connectivity index (χ0v) is 12.1. The molecule has 2 aliphatic rings. The van der Waals surface area contributed by atoms with Crippen molar-refractivity contribution < 1.29 is 9.90 Å². The predicted octanol–water partition coefficient (Wildman–Crippen LogP) is 2.12. The fourth-order valence-electron chi connectivity index (χ4n) is 3.92. The van der Waals surface area contributed by atoms with Crippen LogP contribution in [0.25, 0.3) is 0 Å². The number of nitrogens with zero attached hydrogens (tertiary/aromatic N) is 1. The van der Waals surface area contributed by atoms with Crippen LogP contribution in [0.4, 0.5) is 0 Å². The van der Waals surface area contributed by atoms with E-state index in [1.165, 1.54) is 17.5 Å². The summed E-state index contributed by atoms with van der Waals surface area (Å²) in [4.78, 5) is 14.4. The molecule has 2 aliphatic carbocycles. The summed E-state index contributed by atoms with van der Waals surface area (Å²) in [7, 11) is 0. The van der Waals surface area contributed by atoms with Gasteiger partial charge in [0.25, 0.3) is 0 Å². The summed E-state index contributed by atoms with van der Waals surface area (Å²) in [5, 5.41) is 9.08. The Morgan fingerprint density at radius 3 is 3.00 bits per heavy atom. The summed E-state index contributed by atoms with van der Waals surface area (Å²) >= 11 is 0. The molecule has 0 aromatic heterocycles. The van der Waals surface area contributed by atoms with Crippen LogP contribution in [0.3, 0.4) is 0 Å². The van der Waals surface area contributed by atoms with E-state index in [0.29, 0.717) is 13.1 Å². The van der Waals surface area contributed by atoms with Gasteiger partial charge in [0.1, 0.15) is 0 Å². The lowest BCUT2D eigenvalue weighted by molar-refractivity contribution is -0.133. The van der Waals surface area contributed by atoms with Crippen molar-refractivity contribution in [2.75, 3.05) is 19.7 Å². The van der Waals surface area contributed by atoms with E-state index < -0.39 is 0 Å². The van der Waals surface area contributed by atoms with Crippen molar-refractivity contribution >= 4 is 5.91 Å². The van der Waals surface area contributed by atoms with Crippen LogP contribution in [0, 0.1) is 5.92 Å². The Morgan fingerprint density at radius 1 is 1.45 bits per heavy atom. The number of rotatable bonds is 4. The molecule has 2 unspecified atom stereocenters. The molecule has 3 nitrogen and oxygen atoms in total. The number of aliphatic hydroxyl groups is 1. The number of hydrogen-bond acceptors (Lipinski definition) is 2. The number of carbonyl (C=O) groups excluding carboxylic acids is 1. The van der Waals surface area contributed by atoms with Gasteiger partial charge in [0, 0.05) is 24.4 Å². The molecule has 1 aromatic rings. The fourth-order valence-corrected chi connectivity index (χ4v) is 3.92. The fraction of sp³-hybridized carbons (Fsp3) is 0.588. The average molecular weight is 273 g/mol. The van der Waals surface area contributed by atoms with E-state index in [9.17, 15) is 4.79 Å². The smallest absolute Gasteiger partial charge is 0.226 e. The SMILES string of the molecule is CCN(CCO)C(=O)C1CC12CCCc1ccccc12. The minimum absolute atomic E-state index is 0.0515. The summed E-state index contributed by atoms with van der Waals surface area (Å²) in [5.74, 6) is 0.369. The zero-order chi connectivity index (χ0) is 14.2. The average Bonchev–Trinajstić information content (AvgIpc) is 3.19. The molecule has 1 fully saturated rings. The topological polar surface area (TPSA) is 40.5 Å². The van der Waals surface area contributed by atoms with Gasteiger partial charge in [0.2, 0.25) is 5.91 Å². The molecule has 108 valence electrons. The lowest BCUT2D eigenvalue weighted by atomic mass is 9.78. The number of benzene rings is 1. The number of aryl methyl sites for hydroxylation is 1. The van der Waals surface area contributed by atoms with Crippen LogP contribution < -0.4 is 0 Å². The highest BCUT2D eigenvalue weighted by Gasteiger charge is 2.60. The maximum atomic E-state index is 12.6. The molecule has 0 saturated heterocycles. The minimum atomic E-state index is 0.0515. The number of amides is 1. The third-order valence-corrected chi connectivity index (χ3v) is 5.06. The van der Waals surface area contributed by atoms with Gasteiger partial charge >= 0.3 is 0 Å². The van der Waals surface area contributed by atoms with Gasteiger partial charge in [-0.05, 0) is 43.7 Å². The quantitative estimate of drug-likeness (QED) is 0.913. The molecule has 0 radical (unpaired) electrons. The van der Waals surface area contributed by atoms with Gasteiger partial charge in [-0.3, -0.25) is 4.79 Å². The van der Waals surface area contributed by atoms with Crippen LogP contribution in [-0.2, 0) is 16.6 Å². The monoisotopic (exact) mass is 273 g/mol. The standard InChI is InChI=1S/C17H23NO2/c1-2-18(10-11-19)16(20)15-12-17(15)9-5-7-13-6-3-4-8-14(13)17/h3-4,6,8,15,19H,2,5,7,9-12H2,1H3. The first-order valence-corrected chi connectivity index (χ1v) is 7.71. The second kappa shape index (κ2) is 5.21. The molecule has 3 rings (SSSR count). The molecule has 0 bridgehead atoms. The van der Waals surface area contributed by atoms with Crippen molar-refractivity contribution in [2.45, 2.75) is 38.0 Å². The van der Waals surface area contributed by atoms with Crippen molar-refractivity contribution in [2.24, 2.45) is 5.92 Å². The van der Waals surface area contributed by atoms with Gasteiger partial charge in [-0.15, -0.1) is 0 Å². The highest BCUT2D eigenvalue weighted by Crippen LogP contribution is 2.60. The normalized spacial score (nSPS) is 27.2. The van der Waals surface area contributed by atoms with Crippen LogP contribution in [-0.4, -0.2) is 35.6 Å². The minimum Gasteiger partial charge on any atom is -0.395 e. The van der Waals surface area contributed by atoms with E-state index in [4.69, 9.17) is 5.11 Å². The van der Waals surface area contributed by atoms with E-state index in [-0.39, 0.29) is 23.8 Å². The summed E-state index contributed by atoms with van der Waals surface area (Å²) in [5.41, 5.74) is 2.94. The van der Waals surface area contributed by atoms with Crippen molar-refractivity contribution in [1.29, 1.82) is 0 Å². The lowest BCUT2D eigenvalue weighted by Gasteiger charge is -2.28. The Bertz CT molecular complexity index is 513. The molecule has 3 heteroatoms. The maximum absolute atomic E-state index is 12.6. The van der Waals surface area contributed by atoms with E-state index in [2.05, 4.69) is 24.3 Å². The van der Waals surface area contributed by atoms with Gasteiger partial charge in [0.05, 0.1) is 6.61 Å². The van der Waals surface area contributed by atoms with Crippen LogP contribution in [0.15, 0.2) is 24.3 Å². The number of hydrogen-bond donors (Lipinski definition) is 1. The Balaban J connectivity index is 1.83. The molecular formula is C17H23NO2. The first kappa shape index (κ1) is 13.6. The Labute approximate surface area is 120 Å². The van der Waals surface area contributed by atoms with E-state index in [1.54, 1.807) is 4.90 Å². The van der Waals surface area contributed by atoms with Gasteiger partial charge in [0.15, 0.2) is 0 Å². The summed E-state index contributed by atoms with van der Waals surface area (Å²) in [6.07, 6.45) is 4.46. The Morgan fingerprint density at radius 2 is 2.25 bits per heavy atom.